The summed E-state index contributed by atoms with van der Waals surface area (Å²) in [7, 11) is 0. The molecule has 1 aromatic carbocycles. The zero-order valence-corrected chi connectivity index (χ0v) is 18.5. The molecule has 0 aliphatic carbocycles. The van der Waals surface area contributed by atoms with Crippen LogP contribution in [-0.2, 0) is 19.4 Å². The van der Waals surface area contributed by atoms with Gasteiger partial charge in [-0.05, 0) is 36.8 Å². The highest BCUT2D eigenvalue weighted by Crippen LogP contribution is 2.14. The number of aliphatic imine (C=N–C) groups is 1. The average Bonchev–Trinajstić information content (AvgIpc) is 3.09. The Morgan fingerprint density at radius 3 is 2.38 bits per heavy atom. The Morgan fingerprint density at radius 1 is 1.12 bits per heavy atom. The van der Waals surface area contributed by atoms with Gasteiger partial charge in [-0.3, -0.25) is 0 Å². The molecule has 5 nitrogen and oxygen atoms in total. The minimum Gasteiger partial charge on any atom is -0.359 e. The first kappa shape index (κ1) is 22.5. The number of hydrogen-bond acceptors (Lipinski definition) is 3. The number of aryl methyl sites for hydroxylation is 1. The number of hydrogen-bond donors (Lipinski definition) is 2. The molecule has 144 valence electrons. The molecule has 6 heteroatoms. The van der Waals surface area contributed by atoms with E-state index in [-0.39, 0.29) is 24.0 Å². The highest BCUT2D eigenvalue weighted by atomic mass is 127. The number of benzene rings is 1. The van der Waals surface area contributed by atoms with Crippen LogP contribution in [0.3, 0.4) is 0 Å². The summed E-state index contributed by atoms with van der Waals surface area (Å²) in [5.41, 5.74) is 3.68. The fourth-order valence-corrected chi connectivity index (χ4v) is 2.44. The fraction of sp³-hybridized carbons (Fsp3) is 0.500. The fourth-order valence-electron chi connectivity index (χ4n) is 2.44. The molecule has 0 fully saturated rings. The number of guanidine groups is 1. The van der Waals surface area contributed by atoms with E-state index in [1.54, 1.807) is 0 Å². The molecule has 2 rings (SSSR count). The van der Waals surface area contributed by atoms with Gasteiger partial charge in [0.1, 0.15) is 6.54 Å². The SMILES string of the molecule is CCNC(=NCc1cc(C(C)C)no1)NCCc1ccc(CC)cc1.I. The van der Waals surface area contributed by atoms with Crippen molar-refractivity contribution in [2.45, 2.75) is 53.0 Å². The van der Waals surface area contributed by atoms with Gasteiger partial charge >= 0.3 is 0 Å². The Labute approximate surface area is 174 Å². The minimum atomic E-state index is 0. The van der Waals surface area contributed by atoms with Crippen molar-refractivity contribution in [2.24, 2.45) is 4.99 Å². The molecule has 0 saturated carbocycles. The van der Waals surface area contributed by atoms with Crippen molar-refractivity contribution in [3.63, 3.8) is 0 Å². The highest BCUT2D eigenvalue weighted by molar-refractivity contribution is 14.0. The number of aromatic nitrogens is 1. The van der Waals surface area contributed by atoms with Crippen molar-refractivity contribution in [1.82, 2.24) is 15.8 Å². The molecule has 0 atom stereocenters. The Kier molecular flexibility index (Phi) is 10.3. The van der Waals surface area contributed by atoms with Crippen LogP contribution in [0.4, 0.5) is 0 Å². The molecule has 26 heavy (non-hydrogen) atoms. The van der Waals surface area contributed by atoms with Crippen LogP contribution in [0.15, 0.2) is 39.8 Å². The summed E-state index contributed by atoms with van der Waals surface area (Å²) in [5.74, 6) is 1.96. The molecule has 0 spiro atoms. The predicted molar refractivity (Wildman–Crippen MR) is 118 cm³/mol. The van der Waals surface area contributed by atoms with Crippen molar-refractivity contribution in [2.75, 3.05) is 13.1 Å². The van der Waals surface area contributed by atoms with E-state index >= 15 is 0 Å². The minimum absolute atomic E-state index is 0. The monoisotopic (exact) mass is 470 g/mol. The van der Waals surface area contributed by atoms with Crippen LogP contribution in [0, 0.1) is 0 Å². The summed E-state index contributed by atoms with van der Waals surface area (Å²) >= 11 is 0. The standard InChI is InChI=1S/C20H30N4O.HI/c1-5-16-7-9-17(10-8-16)11-12-22-20(21-6-2)23-14-18-13-19(15(3)4)24-25-18;/h7-10,13,15H,5-6,11-12,14H2,1-4H3,(H2,21,22,23);1H. The maximum atomic E-state index is 5.34. The summed E-state index contributed by atoms with van der Waals surface area (Å²) < 4.78 is 5.34. The van der Waals surface area contributed by atoms with Crippen LogP contribution >= 0.6 is 24.0 Å². The van der Waals surface area contributed by atoms with Crippen molar-refractivity contribution in [3.8, 4) is 0 Å². The number of halogens is 1. The zero-order chi connectivity index (χ0) is 18.1. The summed E-state index contributed by atoms with van der Waals surface area (Å²) in [5, 5.41) is 10.7. The van der Waals surface area contributed by atoms with Gasteiger partial charge in [-0.2, -0.15) is 0 Å². The van der Waals surface area contributed by atoms with Gasteiger partial charge in [-0.15, -0.1) is 24.0 Å². The summed E-state index contributed by atoms with van der Waals surface area (Å²) in [4.78, 5) is 4.58. The molecule has 0 saturated heterocycles. The number of rotatable bonds is 8. The van der Waals surface area contributed by atoms with Crippen molar-refractivity contribution in [1.29, 1.82) is 0 Å². The molecule has 0 aliphatic rings. The van der Waals surface area contributed by atoms with E-state index in [1.807, 2.05) is 6.07 Å². The first-order valence-electron chi connectivity index (χ1n) is 9.17. The molecule has 0 aliphatic heterocycles. The van der Waals surface area contributed by atoms with Gasteiger partial charge in [0.25, 0.3) is 0 Å². The topological polar surface area (TPSA) is 62.5 Å². The largest absolute Gasteiger partial charge is 0.359 e. The number of nitrogens with zero attached hydrogens (tertiary/aromatic N) is 2. The van der Waals surface area contributed by atoms with Gasteiger partial charge in [-0.1, -0.05) is 50.2 Å². The Morgan fingerprint density at radius 2 is 1.81 bits per heavy atom. The van der Waals surface area contributed by atoms with E-state index in [0.717, 1.165) is 43.3 Å². The molecule has 1 heterocycles. The molecule has 0 unspecified atom stereocenters. The van der Waals surface area contributed by atoms with Crippen LogP contribution in [0.2, 0.25) is 0 Å². The van der Waals surface area contributed by atoms with E-state index in [2.05, 4.69) is 72.7 Å². The first-order chi connectivity index (χ1) is 12.1. The second-order valence-electron chi connectivity index (χ2n) is 6.41. The molecule has 0 bridgehead atoms. The summed E-state index contributed by atoms with van der Waals surface area (Å²) in [6.07, 6.45) is 2.05. The van der Waals surface area contributed by atoms with E-state index in [4.69, 9.17) is 4.52 Å². The zero-order valence-electron chi connectivity index (χ0n) is 16.2. The molecule has 2 N–H and O–H groups in total. The molecule has 1 aromatic heterocycles. The summed E-state index contributed by atoms with van der Waals surface area (Å²) in [6, 6.07) is 10.8. The van der Waals surface area contributed by atoms with E-state index in [9.17, 15) is 0 Å². The normalized spacial score (nSPS) is 11.3. The lowest BCUT2D eigenvalue weighted by Crippen LogP contribution is -2.38. The molecular formula is C20H31IN4O. The van der Waals surface area contributed by atoms with E-state index in [0.29, 0.717) is 12.5 Å². The second kappa shape index (κ2) is 11.9. The summed E-state index contributed by atoms with van der Waals surface area (Å²) in [6.45, 7) is 10.6. The third kappa shape index (κ3) is 7.35. The van der Waals surface area contributed by atoms with E-state index in [1.165, 1.54) is 11.1 Å². The Bertz CT molecular complexity index is 665. The smallest absolute Gasteiger partial charge is 0.191 e. The Balaban J connectivity index is 0.00000338. The van der Waals surface area contributed by atoms with Crippen LogP contribution in [0.1, 0.15) is 56.2 Å². The van der Waals surface area contributed by atoms with Gasteiger partial charge in [-0.25, -0.2) is 4.99 Å². The van der Waals surface area contributed by atoms with E-state index < -0.39 is 0 Å². The second-order valence-corrected chi connectivity index (χ2v) is 6.41. The maximum absolute atomic E-state index is 5.34. The third-order valence-corrected chi connectivity index (χ3v) is 4.04. The predicted octanol–water partition coefficient (Wildman–Crippen LogP) is 4.28. The quantitative estimate of drug-likeness (QED) is 0.344. The lowest BCUT2D eigenvalue weighted by Gasteiger charge is -2.11. The number of nitrogens with one attached hydrogen (secondary N) is 2. The van der Waals surface area contributed by atoms with Crippen LogP contribution < -0.4 is 10.6 Å². The third-order valence-electron chi connectivity index (χ3n) is 4.04. The first-order valence-corrected chi connectivity index (χ1v) is 9.17. The molecular weight excluding hydrogens is 439 g/mol. The molecule has 2 aromatic rings. The van der Waals surface area contributed by atoms with Crippen LogP contribution in [0.5, 0.6) is 0 Å². The van der Waals surface area contributed by atoms with Gasteiger partial charge in [0.05, 0.1) is 5.69 Å². The van der Waals surface area contributed by atoms with Crippen LogP contribution in [-0.4, -0.2) is 24.2 Å². The molecule has 0 amide bonds. The lowest BCUT2D eigenvalue weighted by atomic mass is 10.1. The van der Waals surface area contributed by atoms with Gasteiger partial charge in [0.2, 0.25) is 0 Å². The van der Waals surface area contributed by atoms with Crippen molar-refractivity contribution < 1.29 is 4.52 Å². The average molecular weight is 470 g/mol. The van der Waals surface area contributed by atoms with Crippen LogP contribution in [0.25, 0.3) is 0 Å². The maximum Gasteiger partial charge on any atom is 0.191 e. The molecule has 0 radical (unpaired) electrons. The van der Waals surface area contributed by atoms with Gasteiger partial charge in [0, 0.05) is 19.2 Å². The Hall–Kier alpha value is -1.57. The lowest BCUT2D eigenvalue weighted by molar-refractivity contribution is 0.376. The highest BCUT2D eigenvalue weighted by Gasteiger charge is 2.07. The van der Waals surface area contributed by atoms with Crippen molar-refractivity contribution >= 4 is 29.9 Å². The van der Waals surface area contributed by atoms with Gasteiger partial charge < -0.3 is 15.2 Å². The van der Waals surface area contributed by atoms with Crippen molar-refractivity contribution in [3.05, 3.63) is 52.9 Å². The van der Waals surface area contributed by atoms with Gasteiger partial charge in [0.15, 0.2) is 11.7 Å².